The summed E-state index contributed by atoms with van der Waals surface area (Å²) in [5.74, 6) is 0.386. The SMILES string of the molecule is CCCCCCCCCCCCCCCCOCCS(=O)(=O)CC. The van der Waals surface area contributed by atoms with Crippen molar-refractivity contribution in [2.45, 2.75) is 104 Å². The van der Waals surface area contributed by atoms with Crippen molar-refractivity contribution in [2.75, 3.05) is 24.7 Å². The molecule has 0 rings (SSSR count). The van der Waals surface area contributed by atoms with Crippen LogP contribution in [0.15, 0.2) is 0 Å². The van der Waals surface area contributed by atoms with Gasteiger partial charge in [-0.1, -0.05) is 97.3 Å². The monoisotopic (exact) mass is 362 g/mol. The lowest BCUT2D eigenvalue weighted by atomic mass is 10.0. The first-order chi connectivity index (χ1) is 11.6. The molecule has 0 radical (unpaired) electrons. The molecule has 24 heavy (non-hydrogen) atoms. The molecule has 0 unspecified atom stereocenters. The predicted octanol–water partition coefficient (Wildman–Crippen LogP) is 5.92. The Hall–Kier alpha value is -0.0900. The number of sulfone groups is 1. The standard InChI is InChI=1S/C20H42O3S/c1-3-5-6-7-8-9-10-11-12-13-14-15-16-17-18-23-19-20-24(21,22)4-2/h3-20H2,1-2H3. The molecule has 0 atom stereocenters. The number of rotatable bonds is 19. The Kier molecular flexibility index (Phi) is 17.7. The summed E-state index contributed by atoms with van der Waals surface area (Å²) in [6.07, 6.45) is 18.9. The highest BCUT2D eigenvalue weighted by Gasteiger charge is 2.06. The maximum Gasteiger partial charge on any atom is 0.152 e. The van der Waals surface area contributed by atoms with Gasteiger partial charge in [0.2, 0.25) is 0 Å². The maximum absolute atomic E-state index is 11.3. The summed E-state index contributed by atoms with van der Waals surface area (Å²) < 4.78 is 28.0. The zero-order chi connectivity index (χ0) is 17.9. The molecule has 0 fully saturated rings. The van der Waals surface area contributed by atoms with Gasteiger partial charge in [0.05, 0.1) is 12.4 Å². The van der Waals surface area contributed by atoms with Crippen molar-refractivity contribution in [1.29, 1.82) is 0 Å². The third kappa shape index (κ3) is 18.3. The smallest absolute Gasteiger partial charge is 0.152 e. The van der Waals surface area contributed by atoms with E-state index in [0.29, 0.717) is 13.2 Å². The fourth-order valence-corrected chi connectivity index (χ4v) is 3.49. The first-order valence-electron chi connectivity index (χ1n) is 10.4. The Labute approximate surface area is 151 Å². The van der Waals surface area contributed by atoms with Crippen molar-refractivity contribution in [3.05, 3.63) is 0 Å². The molecule has 0 N–H and O–H groups in total. The van der Waals surface area contributed by atoms with Crippen LogP contribution in [0.5, 0.6) is 0 Å². The molecule has 0 heterocycles. The van der Waals surface area contributed by atoms with E-state index in [9.17, 15) is 8.42 Å². The van der Waals surface area contributed by atoms with E-state index >= 15 is 0 Å². The van der Waals surface area contributed by atoms with Gasteiger partial charge in [0.25, 0.3) is 0 Å². The van der Waals surface area contributed by atoms with Crippen molar-refractivity contribution in [3.8, 4) is 0 Å². The fraction of sp³-hybridized carbons (Fsp3) is 1.00. The minimum atomic E-state index is -2.87. The zero-order valence-corrected chi connectivity index (χ0v) is 17.2. The molecular formula is C20H42O3S. The molecule has 0 amide bonds. The summed E-state index contributed by atoms with van der Waals surface area (Å²) in [5, 5.41) is 0. The van der Waals surface area contributed by atoms with Gasteiger partial charge in [-0.15, -0.1) is 0 Å². The van der Waals surface area contributed by atoms with Crippen LogP contribution >= 0.6 is 0 Å². The van der Waals surface area contributed by atoms with Crippen LogP contribution < -0.4 is 0 Å². The Morgan fingerprint density at radius 2 is 1.00 bits per heavy atom. The average Bonchev–Trinajstić information content (AvgIpc) is 2.57. The first-order valence-corrected chi connectivity index (χ1v) is 12.2. The quantitative estimate of drug-likeness (QED) is 0.268. The fourth-order valence-electron chi connectivity index (χ4n) is 2.83. The highest BCUT2D eigenvalue weighted by atomic mass is 32.2. The lowest BCUT2D eigenvalue weighted by Crippen LogP contribution is -2.14. The summed E-state index contributed by atoms with van der Waals surface area (Å²) in [7, 11) is -2.87. The predicted molar refractivity (Wildman–Crippen MR) is 105 cm³/mol. The number of hydrogen-bond acceptors (Lipinski definition) is 3. The molecule has 3 nitrogen and oxygen atoms in total. The second-order valence-corrected chi connectivity index (χ2v) is 9.42. The molecule has 0 aliphatic rings. The third-order valence-corrected chi connectivity index (χ3v) is 6.29. The molecule has 0 aliphatic carbocycles. The Bertz CT molecular complexity index is 339. The number of hydrogen-bond donors (Lipinski definition) is 0. The zero-order valence-electron chi connectivity index (χ0n) is 16.4. The molecule has 0 aliphatic heterocycles. The van der Waals surface area contributed by atoms with E-state index in [1.165, 1.54) is 83.5 Å². The molecular weight excluding hydrogens is 320 g/mol. The van der Waals surface area contributed by atoms with Crippen LogP contribution in [-0.4, -0.2) is 33.1 Å². The van der Waals surface area contributed by atoms with Crippen LogP contribution in [0.1, 0.15) is 104 Å². The van der Waals surface area contributed by atoms with Gasteiger partial charge in [0.15, 0.2) is 9.84 Å². The second-order valence-electron chi connectivity index (χ2n) is 6.94. The minimum absolute atomic E-state index is 0.169. The molecule has 0 aromatic carbocycles. The first kappa shape index (κ1) is 23.9. The van der Waals surface area contributed by atoms with Crippen LogP contribution in [0.4, 0.5) is 0 Å². The van der Waals surface area contributed by atoms with E-state index in [1.807, 2.05) is 0 Å². The molecule has 0 aromatic heterocycles. The molecule has 146 valence electrons. The molecule has 0 spiro atoms. The summed E-state index contributed by atoms with van der Waals surface area (Å²) >= 11 is 0. The van der Waals surface area contributed by atoms with Crippen molar-refractivity contribution >= 4 is 9.84 Å². The molecule has 4 heteroatoms. The van der Waals surface area contributed by atoms with Crippen molar-refractivity contribution in [2.24, 2.45) is 0 Å². The maximum atomic E-state index is 11.3. The van der Waals surface area contributed by atoms with Gasteiger partial charge in [0, 0.05) is 12.4 Å². The van der Waals surface area contributed by atoms with Crippen molar-refractivity contribution in [3.63, 3.8) is 0 Å². The van der Waals surface area contributed by atoms with Gasteiger partial charge in [-0.25, -0.2) is 8.42 Å². The molecule has 0 aromatic rings. The summed E-state index contributed by atoms with van der Waals surface area (Å²) in [5.41, 5.74) is 0. The van der Waals surface area contributed by atoms with Crippen molar-refractivity contribution < 1.29 is 13.2 Å². The molecule has 0 bridgehead atoms. The second kappa shape index (κ2) is 17.7. The van der Waals surface area contributed by atoms with E-state index < -0.39 is 9.84 Å². The van der Waals surface area contributed by atoms with Crippen LogP contribution in [0.25, 0.3) is 0 Å². The largest absolute Gasteiger partial charge is 0.380 e. The molecule has 0 saturated heterocycles. The Morgan fingerprint density at radius 1 is 0.583 bits per heavy atom. The van der Waals surface area contributed by atoms with Gasteiger partial charge in [-0.2, -0.15) is 0 Å². The lowest BCUT2D eigenvalue weighted by Gasteiger charge is -2.05. The summed E-state index contributed by atoms with van der Waals surface area (Å²) in [6.45, 7) is 5.02. The van der Waals surface area contributed by atoms with Gasteiger partial charge in [0.1, 0.15) is 0 Å². The van der Waals surface area contributed by atoms with E-state index in [2.05, 4.69) is 6.92 Å². The van der Waals surface area contributed by atoms with Crippen LogP contribution in [0, 0.1) is 0 Å². The molecule has 0 saturated carbocycles. The van der Waals surface area contributed by atoms with Crippen LogP contribution in [0.3, 0.4) is 0 Å². The van der Waals surface area contributed by atoms with E-state index in [4.69, 9.17) is 4.74 Å². The normalized spacial score (nSPS) is 11.9. The van der Waals surface area contributed by atoms with Crippen LogP contribution in [0.2, 0.25) is 0 Å². The summed E-state index contributed by atoms with van der Waals surface area (Å²) in [6, 6.07) is 0. The lowest BCUT2D eigenvalue weighted by molar-refractivity contribution is 0.144. The van der Waals surface area contributed by atoms with Gasteiger partial charge in [-0.05, 0) is 6.42 Å². The highest BCUT2D eigenvalue weighted by Crippen LogP contribution is 2.12. The number of unbranched alkanes of at least 4 members (excludes halogenated alkanes) is 13. The minimum Gasteiger partial charge on any atom is -0.380 e. The number of ether oxygens (including phenoxy) is 1. The summed E-state index contributed by atoms with van der Waals surface area (Å²) in [4.78, 5) is 0. The van der Waals surface area contributed by atoms with Gasteiger partial charge >= 0.3 is 0 Å². The Morgan fingerprint density at radius 3 is 1.42 bits per heavy atom. The third-order valence-electron chi connectivity index (χ3n) is 4.62. The van der Waals surface area contributed by atoms with E-state index in [0.717, 1.165) is 6.42 Å². The van der Waals surface area contributed by atoms with E-state index in [-0.39, 0.29) is 11.5 Å². The Balaban J connectivity index is 3.08. The average molecular weight is 363 g/mol. The topological polar surface area (TPSA) is 43.4 Å². The van der Waals surface area contributed by atoms with Gasteiger partial charge in [-0.3, -0.25) is 0 Å². The van der Waals surface area contributed by atoms with E-state index in [1.54, 1.807) is 6.92 Å². The van der Waals surface area contributed by atoms with Crippen molar-refractivity contribution in [1.82, 2.24) is 0 Å². The highest BCUT2D eigenvalue weighted by molar-refractivity contribution is 7.91. The van der Waals surface area contributed by atoms with Gasteiger partial charge < -0.3 is 4.74 Å². The van der Waals surface area contributed by atoms with Crippen LogP contribution in [-0.2, 0) is 14.6 Å².